The van der Waals surface area contributed by atoms with Crippen LogP contribution in [0.4, 0.5) is 13.2 Å². The van der Waals surface area contributed by atoms with Crippen LogP contribution in [0.25, 0.3) is 0 Å². The van der Waals surface area contributed by atoms with Crippen LogP contribution in [0.3, 0.4) is 0 Å². The minimum absolute atomic E-state index is 0.794. The molecular formula is C10H14F3N. The number of aliphatic imine (C=N–C) groups is 1. The largest absolute Gasteiger partial charge is 0.415 e. The van der Waals surface area contributed by atoms with Crippen molar-refractivity contribution in [3.05, 3.63) is 24.4 Å². The molecule has 0 radical (unpaired) electrons. The fourth-order valence-electron chi connectivity index (χ4n) is 0.775. The first-order valence-corrected chi connectivity index (χ1v) is 4.33. The molecule has 0 saturated heterocycles. The lowest BCUT2D eigenvalue weighted by Gasteiger charge is -2.03. The molecule has 14 heavy (non-hydrogen) atoms. The summed E-state index contributed by atoms with van der Waals surface area (Å²) in [4.78, 5) is 3.84. The van der Waals surface area contributed by atoms with Crippen LogP contribution in [0.2, 0.25) is 0 Å². The Balaban J connectivity index is 4.20. The zero-order valence-corrected chi connectivity index (χ0v) is 8.36. The Morgan fingerprint density at radius 1 is 1.43 bits per heavy atom. The molecule has 0 aromatic carbocycles. The maximum absolute atomic E-state index is 11.9. The Hall–Kier alpha value is -1.06. The second-order valence-electron chi connectivity index (χ2n) is 2.95. The predicted octanol–water partition coefficient (Wildman–Crippen LogP) is 3.88. The fourth-order valence-corrected chi connectivity index (χ4v) is 0.775. The lowest BCUT2D eigenvalue weighted by molar-refractivity contribution is -0.0878. The number of allylic oxidation sites excluding steroid dienone is 2. The zero-order valence-electron chi connectivity index (χ0n) is 8.36. The molecule has 0 fully saturated rings. The molecule has 0 bridgehead atoms. The van der Waals surface area contributed by atoms with Gasteiger partial charge in [0.2, 0.25) is 0 Å². The molecule has 0 amide bonds. The molecule has 80 valence electrons. The van der Waals surface area contributed by atoms with E-state index in [0.29, 0.717) is 0 Å². The van der Waals surface area contributed by atoms with Crippen LogP contribution in [0.5, 0.6) is 0 Å². The number of alkyl halides is 3. The van der Waals surface area contributed by atoms with Crippen LogP contribution in [0.15, 0.2) is 29.4 Å². The Labute approximate surface area is 82.0 Å². The molecule has 0 aromatic rings. The first kappa shape index (κ1) is 12.9. The summed E-state index contributed by atoms with van der Waals surface area (Å²) in [6, 6.07) is 0. The molecular weight excluding hydrogens is 191 g/mol. The summed E-state index contributed by atoms with van der Waals surface area (Å²) in [7, 11) is 0. The van der Waals surface area contributed by atoms with Gasteiger partial charge in [0.05, 0.1) is 0 Å². The van der Waals surface area contributed by atoms with Gasteiger partial charge in [-0.2, -0.15) is 13.2 Å². The van der Waals surface area contributed by atoms with E-state index in [0.717, 1.165) is 30.8 Å². The molecule has 0 unspecified atom stereocenters. The number of nitrogens with zero attached hydrogens (tertiary/aromatic N) is 1. The standard InChI is InChI=1S/C10H14F3N/c1-4-5-9(3)14-7-6-8(2)10(11,12)13/h6-7H,2,4-5H2,1,3H3/b7-6-,14-9?. The Morgan fingerprint density at radius 2 is 2.00 bits per heavy atom. The highest BCUT2D eigenvalue weighted by Crippen LogP contribution is 2.24. The van der Waals surface area contributed by atoms with Gasteiger partial charge in [-0.05, 0) is 19.4 Å². The maximum atomic E-state index is 11.9. The molecule has 0 aliphatic rings. The summed E-state index contributed by atoms with van der Waals surface area (Å²) in [6.07, 6.45) is -0.614. The van der Waals surface area contributed by atoms with Crippen molar-refractivity contribution in [1.82, 2.24) is 0 Å². The van der Waals surface area contributed by atoms with E-state index >= 15 is 0 Å². The minimum atomic E-state index is -4.36. The highest BCUT2D eigenvalue weighted by molar-refractivity contribution is 5.82. The van der Waals surface area contributed by atoms with E-state index in [-0.39, 0.29) is 0 Å². The topological polar surface area (TPSA) is 12.4 Å². The van der Waals surface area contributed by atoms with Crippen LogP contribution < -0.4 is 0 Å². The third-order valence-corrected chi connectivity index (χ3v) is 1.55. The highest BCUT2D eigenvalue weighted by atomic mass is 19.4. The van der Waals surface area contributed by atoms with Crippen LogP contribution in [-0.2, 0) is 0 Å². The Morgan fingerprint density at radius 3 is 2.43 bits per heavy atom. The zero-order chi connectivity index (χ0) is 11.2. The first-order chi connectivity index (χ1) is 6.38. The summed E-state index contributed by atoms with van der Waals surface area (Å²) in [6.45, 7) is 6.65. The van der Waals surface area contributed by atoms with Crippen molar-refractivity contribution in [2.45, 2.75) is 32.9 Å². The summed E-state index contributed by atoms with van der Waals surface area (Å²) in [5, 5.41) is 0. The van der Waals surface area contributed by atoms with Gasteiger partial charge in [-0.25, -0.2) is 0 Å². The van der Waals surface area contributed by atoms with Gasteiger partial charge in [0.1, 0.15) is 0 Å². The number of hydrogen-bond acceptors (Lipinski definition) is 1. The number of hydrogen-bond donors (Lipinski definition) is 0. The number of rotatable bonds is 4. The lowest BCUT2D eigenvalue weighted by atomic mass is 10.2. The number of halogens is 3. The minimum Gasteiger partial charge on any atom is -0.266 e. The summed E-state index contributed by atoms with van der Waals surface area (Å²) >= 11 is 0. The Bertz CT molecular complexity index is 249. The van der Waals surface area contributed by atoms with E-state index in [9.17, 15) is 13.2 Å². The van der Waals surface area contributed by atoms with Crippen molar-refractivity contribution in [3.63, 3.8) is 0 Å². The molecule has 0 aliphatic carbocycles. The quantitative estimate of drug-likeness (QED) is 0.488. The molecule has 0 aliphatic heterocycles. The van der Waals surface area contributed by atoms with Crippen molar-refractivity contribution in [3.8, 4) is 0 Å². The molecule has 0 spiro atoms. The van der Waals surface area contributed by atoms with Gasteiger partial charge in [0.15, 0.2) is 0 Å². The van der Waals surface area contributed by atoms with E-state index in [1.165, 1.54) is 0 Å². The summed E-state index contributed by atoms with van der Waals surface area (Å²) in [5.74, 6) is 0. The van der Waals surface area contributed by atoms with E-state index in [4.69, 9.17) is 0 Å². The highest BCUT2D eigenvalue weighted by Gasteiger charge is 2.29. The van der Waals surface area contributed by atoms with Gasteiger partial charge in [0.25, 0.3) is 0 Å². The monoisotopic (exact) mass is 205 g/mol. The molecule has 0 saturated carbocycles. The van der Waals surface area contributed by atoms with Gasteiger partial charge >= 0.3 is 6.18 Å². The molecule has 4 heteroatoms. The molecule has 1 nitrogen and oxygen atoms in total. The van der Waals surface area contributed by atoms with Gasteiger partial charge in [-0.3, -0.25) is 4.99 Å². The van der Waals surface area contributed by atoms with Crippen LogP contribution >= 0.6 is 0 Å². The third-order valence-electron chi connectivity index (χ3n) is 1.55. The van der Waals surface area contributed by atoms with E-state index in [2.05, 4.69) is 11.6 Å². The average Bonchev–Trinajstić information content (AvgIpc) is 2.02. The van der Waals surface area contributed by atoms with Crippen molar-refractivity contribution < 1.29 is 13.2 Å². The van der Waals surface area contributed by atoms with Crippen molar-refractivity contribution in [2.24, 2.45) is 4.99 Å². The predicted molar refractivity (Wildman–Crippen MR) is 52.4 cm³/mol. The second kappa shape index (κ2) is 5.62. The summed E-state index contributed by atoms with van der Waals surface area (Å²) < 4.78 is 35.8. The van der Waals surface area contributed by atoms with E-state index in [1.54, 1.807) is 6.92 Å². The van der Waals surface area contributed by atoms with Gasteiger partial charge in [-0.15, -0.1) is 0 Å². The molecule has 0 heterocycles. The van der Waals surface area contributed by atoms with Crippen molar-refractivity contribution >= 4 is 5.71 Å². The maximum Gasteiger partial charge on any atom is 0.415 e. The SMILES string of the molecule is C=C(/C=C\N=C(C)CCC)C(F)(F)F. The van der Waals surface area contributed by atoms with Gasteiger partial charge < -0.3 is 0 Å². The van der Waals surface area contributed by atoms with Crippen LogP contribution in [0, 0.1) is 0 Å². The smallest absolute Gasteiger partial charge is 0.266 e. The van der Waals surface area contributed by atoms with E-state index in [1.807, 2.05) is 6.92 Å². The van der Waals surface area contributed by atoms with Crippen molar-refractivity contribution in [1.29, 1.82) is 0 Å². The third kappa shape index (κ3) is 5.56. The fraction of sp³-hybridized carbons (Fsp3) is 0.500. The molecule has 0 atom stereocenters. The molecule has 0 rings (SSSR count). The Kier molecular flexibility index (Phi) is 5.20. The normalized spacial score (nSPS) is 13.6. The first-order valence-electron chi connectivity index (χ1n) is 4.33. The second-order valence-corrected chi connectivity index (χ2v) is 2.95. The van der Waals surface area contributed by atoms with Gasteiger partial charge in [-0.1, -0.05) is 19.9 Å². The van der Waals surface area contributed by atoms with E-state index < -0.39 is 11.7 Å². The lowest BCUT2D eigenvalue weighted by Crippen LogP contribution is -2.08. The molecule has 0 aromatic heterocycles. The molecule has 0 N–H and O–H groups in total. The van der Waals surface area contributed by atoms with Crippen LogP contribution in [0.1, 0.15) is 26.7 Å². The van der Waals surface area contributed by atoms with Gasteiger partial charge in [0, 0.05) is 17.5 Å². The average molecular weight is 205 g/mol. The van der Waals surface area contributed by atoms with Crippen molar-refractivity contribution in [2.75, 3.05) is 0 Å². The summed E-state index contributed by atoms with van der Waals surface area (Å²) in [5.41, 5.74) is -0.0655. The van der Waals surface area contributed by atoms with Crippen LogP contribution in [-0.4, -0.2) is 11.9 Å².